The van der Waals surface area contributed by atoms with Crippen LogP contribution in [0.2, 0.25) is 0 Å². The number of carbonyl (C=O) groups excluding carboxylic acids is 1. The Morgan fingerprint density at radius 2 is 1.65 bits per heavy atom. The van der Waals surface area contributed by atoms with E-state index in [0.717, 1.165) is 23.1 Å². The Balaban J connectivity index is 1.30. The second-order valence-electron chi connectivity index (χ2n) is 7.53. The topological polar surface area (TPSA) is 47.6 Å². The SMILES string of the molecule is COc1ccc(COC(=O)NC2C3CC4CC(C3)CC2C4)cc1. The van der Waals surface area contributed by atoms with Crippen molar-refractivity contribution in [3.63, 3.8) is 0 Å². The molecule has 0 heterocycles. The molecule has 1 amide bonds. The van der Waals surface area contributed by atoms with Crippen molar-refractivity contribution in [2.24, 2.45) is 23.7 Å². The highest BCUT2D eigenvalue weighted by atomic mass is 16.5. The van der Waals surface area contributed by atoms with Gasteiger partial charge in [-0.05, 0) is 73.5 Å². The van der Waals surface area contributed by atoms with E-state index in [4.69, 9.17) is 9.47 Å². The van der Waals surface area contributed by atoms with Crippen molar-refractivity contribution in [2.75, 3.05) is 7.11 Å². The molecule has 4 heteroatoms. The van der Waals surface area contributed by atoms with E-state index in [1.165, 1.54) is 32.1 Å². The summed E-state index contributed by atoms with van der Waals surface area (Å²) in [6.07, 6.45) is 6.37. The van der Waals surface area contributed by atoms with E-state index >= 15 is 0 Å². The van der Waals surface area contributed by atoms with Gasteiger partial charge in [0.05, 0.1) is 7.11 Å². The van der Waals surface area contributed by atoms with Gasteiger partial charge < -0.3 is 14.8 Å². The Morgan fingerprint density at radius 1 is 1.04 bits per heavy atom. The number of rotatable bonds is 4. The zero-order valence-corrected chi connectivity index (χ0v) is 13.7. The van der Waals surface area contributed by atoms with Crippen LogP contribution in [0.5, 0.6) is 5.75 Å². The molecule has 4 aliphatic rings. The molecule has 4 saturated carbocycles. The summed E-state index contributed by atoms with van der Waals surface area (Å²) < 4.78 is 10.5. The highest BCUT2D eigenvalue weighted by Gasteiger charge is 2.48. The van der Waals surface area contributed by atoms with Gasteiger partial charge in [-0.2, -0.15) is 0 Å². The number of nitrogens with one attached hydrogen (secondary N) is 1. The summed E-state index contributed by atoms with van der Waals surface area (Å²) in [4.78, 5) is 12.2. The summed E-state index contributed by atoms with van der Waals surface area (Å²) in [7, 11) is 1.64. The van der Waals surface area contributed by atoms with Gasteiger partial charge in [0.1, 0.15) is 12.4 Å². The minimum Gasteiger partial charge on any atom is -0.497 e. The van der Waals surface area contributed by atoms with Gasteiger partial charge in [-0.1, -0.05) is 12.1 Å². The first-order valence-electron chi connectivity index (χ1n) is 8.77. The molecule has 4 aliphatic carbocycles. The lowest BCUT2D eigenvalue weighted by Crippen LogP contribution is -2.55. The van der Waals surface area contributed by atoms with Gasteiger partial charge in [-0.25, -0.2) is 4.79 Å². The van der Waals surface area contributed by atoms with Crippen molar-refractivity contribution in [1.29, 1.82) is 0 Å². The van der Waals surface area contributed by atoms with Crippen molar-refractivity contribution in [3.8, 4) is 5.75 Å². The Kier molecular flexibility index (Phi) is 3.92. The maximum absolute atomic E-state index is 12.2. The number of benzene rings is 1. The molecule has 0 radical (unpaired) electrons. The van der Waals surface area contributed by atoms with Gasteiger partial charge in [0.2, 0.25) is 0 Å². The van der Waals surface area contributed by atoms with E-state index in [2.05, 4.69) is 5.32 Å². The molecule has 0 saturated heterocycles. The van der Waals surface area contributed by atoms with Crippen molar-refractivity contribution in [2.45, 2.75) is 44.8 Å². The van der Waals surface area contributed by atoms with Crippen LogP contribution in [0, 0.1) is 23.7 Å². The quantitative estimate of drug-likeness (QED) is 0.920. The van der Waals surface area contributed by atoms with Crippen LogP contribution in [0.15, 0.2) is 24.3 Å². The molecule has 5 rings (SSSR count). The van der Waals surface area contributed by atoms with E-state index < -0.39 is 0 Å². The van der Waals surface area contributed by atoms with Gasteiger partial charge in [0, 0.05) is 6.04 Å². The lowest BCUT2D eigenvalue weighted by molar-refractivity contribution is -0.0140. The molecule has 0 aliphatic heterocycles. The summed E-state index contributed by atoms with van der Waals surface area (Å²) in [6, 6.07) is 7.96. The van der Waals surface area contributed by atoms with Crippen molar-refractivity contribution in [1.82, 2.24) is 5.32 Å². The molecule has 0 atom stereocenters. The van der Waals surface area contributed by atoms with Gasteiger partial charge in [0.15, 0.2) is 0 Å². The molecule has 23 heavy (non-hydrogen) atoms. The Bertz CT molecular complexity index is 540. The third kappa shape index (κ3) is 3.04. The Labute approximate surface area is 137 Å². The zero-order valence-electron chi connectivity index (χ0n) is 13.7. The smallest absolute Gasteiger partial charge is 0.407 e. The Hall–Kier alpha value is -1.71. The van der Waals surface area contributed by atoms with E-state index in [1.807, 2.05) is 24.3 Å². The van der Waals surface area contributed by atoms with Gasteiger partial charge in [-0.3, -0.25) is 0 Å². The molecule has 4 bridgehead atoms. The van der Waals surface area contributed by atoms with Crippen LogP contribution >= 0.6 is 0 Å². The fourth-order valence-electron chi connectivity index (χ4n) is 5.21. The number of carbonyl (C=O) groups is 1. The van der Waals surface area contributed by atoms with Gasteiger partial charge in [-0.15, -0.1) is 0 Å². The van der Waals surface area contributed by atoms with Gasteiger partial charge >= 0.3 is 6.09 Å². The van der Waals surface area contributed by atoms with Crippen LogP contribution in [0.3, 0.4) is 0 Å². The first kappa shape index (κ1) is 14.9. The maximum Gasteiger partial charge on any atom is 0.407 e. The fourth-order valence-corrected chi connectivity index (χ4v) is 5.21. The molecule has 1 N–H and O–H groups in total. The molecule has 0 spiro atoms. The number of ether oxygens (including phenoxy) is 2. The molecule has 124 valence electrons. The summed E-state index contributed by atoms with van der Waals surface area (Å²) in [5.41, 5.74) is 0.978. The van der Waals surface area contributed by atoms with Crippen LogP contribution in [0.1, 0.15) is 37.7 Å². The highest BCUT2D eigenvalue weighted by Crippen LogP contribution is 2.53. The lowest BCUT2D eigenvalue weighted by atomic mass is 9.54. The van der Waals surface area contributed by atoms with Crippen molar-refractivity contribution in [3.05, 3.63) is 29.8 Å². The number of alkyl carbamates (subject to hydrolysis) is 1. The molecule has 1 aromatic rings. The number of amides is 1. The predicted octanol–water partition coefficient (Wildman–Crippen LogP) is 3.75. The second-order valence-corrected chi connectivity index (χ2v) is 7.53. The molecular formula is C19H25NO3. The minimum atomic E-state index is -0.265. The zero-order chi connectivity index (χ0) is 15.8. The standard InChI is InChI=1S/C19H25NO3/c1-22-17-4-2-12(3-5-17)11-23-19(21)20-18-15-7-13-6-14(9-15)10-16(18)8-13/h2-5,13-16,18H,6-11H2,1H3,(H,20,21). The average Bonchev–Trinajstić information content (AvgIpc) is 2.56. The van der Waals surface area contributed by atoms with E-state index in [0.29, 0.717) is 24.5 Å². The molecular weight excluding hydrogens is 290 g/mol. The summed E-state index contributed by atoms with van der Waals surface area (Å²) in [5.74, 6) is 4.02. The number of hydrogen-bond acceptors (Lipinski definition) is 3. The van der Waals surface area contributed by atoms with Gasteiger partial charge in [0.25, 0.3) is 0 Å². The van der Waals surface area contributed by atoms with E-state index in [-0.39, 0.29) is 6.09 Å². The first-order valence-corrected chi connectivity index (χ1v) is 8.77. The summed E-state index contributed by atoms with van der Waals surface area (Å²) in [6.45, 7) is 0.309. The van der Waals surface area contributed by atoms with Crippen molar-refractivity contribution < 1.29 is 14.3 Å². The minimum absolute atomic E-state index is 0.265. The fraction of sp³-hybridized carbons (Fsp3) is 0.632. The molecule has 4 nitrogen and oxygen atoms in total. The van der Waals surface area contributed by atoms with E-state index in [1.54, 1.807) is 7.11 Å². The molecule has 0 aromatic heterocycles. The highest BCUT2D eigenvalue weighted by molar-refractivity contribution is 5.67. The first-order chi connectivity index (χ1) is 11.2. The summed E-state index contributed by atoms with van der Waals surface area (Å²) in [5, 5.41) is 3.17. The molecule has 4 fully saturated rings. The third-order valence-corrected chi connectivity index (χ3v) is 6.04. The summed E-state index contributed by atoms with van der Waals surface area (Å²) >= 11 is 0. The van der Waals surface area contributed by atoms with Crippen LogP contribution in [0.4, 0.5) is 4.79 Å². The second kappa shape index (κ2) is 6.06. The van der Waals surface area contributed by atoms with Crippen LogP contribution in [-0.4, -0.2) is 19.2 Å². The largest absolute Gasteiger partial charge is 0.497 e. The normalized spacial score (nSPS) is 34.2. The Morgan fingerprint density at radius 3 is 2.22 bits per heavy atom. The van der Waals surface area contributed by atoms with Crippen molar-refractivity contribution >= 4 is 6.09 Å². The number of hydrogen-bond donors (Lipinski definition) is 1. The number of methoxy groups -OCH3 is 1. The van der Waals surface area contributed by atoms with Crippen LogP contribution < -0.4 is 10.1 Å². The monoisotopic (exact) mass is 315 g/mol. The maximum atomic E-state index is 12.2. The van der Waals surface area contributed by atoms with Crippen LogP contribution in [0.25, 0.3) is 0 Å². The third-order valence-electron chi connectivity index (χ3n) is 6.04. The molecule has 1 aromatic carbocycles. The molecule has 0 unspecified atom stereocenters. The van der Waals surface area contributed by atoms with E-state index in [9.17, 15) is 4.79 Å². The predicted molar refractivity (Wildman–Crippen MR) is 87.1 cm³/mol. The van der Waals surface area contributed by atoms with Crippen LogP contribution in [-0.2, 0) is 11.3 Å². The lowest BCUT2D eigenvalue weighted by Gasteiger charge is -2.54. The average molecular weight is 315 g/mol.